The van der Waals surface area contributed by atoms with Gasteiger partial charge in [-0.1, -0.05) is 0 Å². The Morgan fingerprint density at radius 3 is 2.90 bits per heavy atom. The van der Waals surface area contributed by atoms with Crippen molar-refractivity contribution in [1.82, 2.24) is 4.98 Å². The maximum atomic E-state index is 11.0. The van der Waals surface area contributed by atoms with Gasteiger partial charge in [-0.25, -0.2) is 0 Å². The normalized spacial score (nSPS) is 12.3. The van der Waals surface area contributed by atoms with Crippen molar-refractivity contribution in [3.8, 4) is 0 Å². The summed E-state index contributed by atoms with van der Waals surface area (Å²) < 4.78 is 4.99. The topological polar surface area (TPSA) is 97.5 Å². The summed E-state index contributed by atoms with van der Waals surface area (Å²) in [6.07, 6.45) is 3.07. The number of rotatable bonds is 6. The monoisotopic (exact) mass is 277 g/mol. The van der Waals surface area contributed by atoms with E-state index in [1.807, 2.05) is 0 Å². The fourth-order valence-electron chi connectivity index (χ4n) is 2.02. The number of aliphatic hydroxyl groups is 1. The van der Waals surface area contributed by atoms with Crippen LogP contribution in [0.5, 0.6) is 0 Å². The third-order valence-corrected chi connectivity index (χ3v) is 2.94. The smallest absolute Gasteiger partial charge is 0.277 e. The Morgan fingerprint density at radius 1 is 1.45 bits per heavy atom. The Labute approximate surface area is 115 Å². The van der Waals surface area contributed by atoms with Crippen LogP contribution in [0.25, 0.3) is 10.8 Å². The van der Waals surface area contributed by atoms with E-state index in [9.17, 15) is 15.2 Å². The highest BCUT2D eigenvalue weighted by Crippen LogP contribution is 2.30. The van der Waals surface area contributed by atoms with Crippen LogP contribution in [-0.4, -0.2) is 41.4 Å². The number of nitrogens with zero attached hydrogens (tertiary/aromatic N) is 2. The van der Waals surface area contributed by atoms with Crippen molar-refractivity contribution in [3.63, 3.8) is 0 Å². The zero-order chi connectivity index (χ0) is 14.5. The van der Waals surface area contributed by atoms with E-state index in [4.69, 9.17) is 4.74 Å². The van der Waals surface area contributed by atoms with E-state index in [0.717, 1.165) is 0 Å². The summed E-state index contributed by atoms with van der Waals surface area (Å²) in [6, 6.07) is 4.36. The van der Waals surface area contributed by atoms with Gasteiger partial charge >= 0.3 is 0 Å². The Bertz CT molecular complexity index is 618. The molecule has 0 saturated heterocycles. The van der Waals surface area contributed by atoms with E-state index in [1.165, 1.54) is 12.3 Å². The molecule has 1 unspecified atom stereocenters. The molecule has 0 saturated carbocycles. The molecule has 0 radical (unpaired) electrons. The highest BCUT2D eigenvalue weighted by Gasteiger charge is 2.16. The zero-order valence-electron chi connectivity index (χ0n) is 10.9. The van der Waals surface area contributed by atoms with Gasteiger partial charge in [0.05, 0.1) is 29.6 Å². The van der Waals surface area contributed by atoms with Crippen LogP contribution in [0.15, 0.2) is 30.6 Å². The number of methoxy groups -OCH3 is 1. The number of benzene rings is 1. The standard InChI is InChI=1S/C13H15N3O4/c1-20-8-9(7-17)15-12-2-3-13(16(18)19)10-4-5-14-6-11(10)12/h2-6,9,15,17H,7-8H2,1H3. The third kappa shape index (κ3) is 2.84. The minimum absolute atomic E-state index is 0.0280. The van der Waals surface area contributed by atoms with Crippen LogP contribution < -0.4 is 5.32 Å². The van der Waals surface area contributed by atoms with Gasteiger partial charge in [0.15, 0.2) is 0 Å². The Balaban J connectivity index is 2.45. The van der Waals surface area contributed by atoms with E-state index < -0.39 is 4.92 Å². The molecule has 1 heterocycles. The predicted octanol–water partition coefficient (Wildman–Crippen LogP) is 1.56. The number of fused-ring (bicyclic) bond motifs is 1. The molecule has 0 fully saturated rings. The first kappa shape index (κ1) is 14.2. The van der Waals surface area contributed by atoms with Gasteiger partial charge in [0.2, 0.25) is 0 Å². The molecule has 1 aromatic heterocycles. The van der Waals surface area contributed by atoms with Crippen molar-refractivity contribution in [2.45, 2.75) is 6.04 Å². The van der Waals surface area contributed by atoms with Crippen LogP contribution in [0.3, 0.4) is 0 Å². The number of nitrogens with one attached hydrogen (secondary N) is 1. The second-order valence-electron chi connectivity index (χ2n) is 4.29. The lowest BCUT2D eigenvalue weighted by Gasteiger charge is -2.17. The maximum absolute atomic E-state index is 11.0. The lowest BCUT2D eigenvalue weighted by atomic mass is 10.1. The van der Waals surface area contributed by atoms with Crippen molar-refractivity contribution in [2.24, 2.45) is 0 Å². The van der Waals surface area contributed by atoms with Gasteiger partial charge < -0.3 is 15.2 Å². The van der Waals surface area contributed by atoms with Crippen molar-refractivity contribution in [2.75, 3.05) is 25.6 Å². The van der Waals surface area contributed by atoms with Gasteiger partial charge in [0.1, 0.15) is 0 Å². The molecule has 1 atom stereocenters. The molecule has 0 aliphatic rings. The summed E-state index contributed by atoms with van der Waals surface area (Å²) in [5, 5.41) is 24.5. The van der Waals surface area contributed by atoms with Crippen LogP contribution in [-0.2, 0) is 4.74 Å². The van der Waals surface area contributed by atoms with E-state index in [2.05, 4.69) is 10.3 Å². The van der Waals surface area contributed by atoms with Gasteiger partial charge in [0, 0.05) is 36.6 Å². The van der Waals surface area contributed by atoms with Crippen molar-refractivity contribution in [3.05, 3.63) is 40.7 Å². The molecule has 106 valence electrons. The van der Waals surface area contributed by atoms with Crippen LogP contribution in [0.2, 0.25) is 0 Å². The molecule has 2 N–H and O–H groups in total. The molecule has 20 heavy (non-hydrogen) atoms. The summed E-state index contributed by atoms with van der Waals surface area (Å²) >= 11 is 0. The van der Waals surface area contributed by atoms with Gasteiger partial charge in [-0.2, -0.15) is 0 Å². The number of nitro groups is 1. The Hall–Kier alpha value is -2.25. The largest absolute Gasteiger partial charge is 0.394 e. The highest BCUT2D eigenvalue weighted by atomic mass is 16.6. The summed E-state index contributed by atoms with van der Waals surface area (Å²) in [5.41, 5.74) is 0.704. The van der Waals surface area contributed by atoms with Crippen molar-refractivity contribution < 1.29 is 14.8 Å². The fourth-order valence-corrected chi connectivity index (χ4v) is 2.02. The molecule has 2 aromatic rings. The Kier molecular flexibility index (Phi) is 4.44. The molecule has 0 bridgehead atoms. The molecule has 1 aromatic carbocycles. The molecule has 0 amide bonds. The van der Waals surface area contributed by atoms with Crippen LogP contribution in [0.1, 0.15) is 0 Å². The molecule has 2 rings (SSSR count). The average molecular weight is 277 g/mol. The van der Waals surface area contributed by atoms with E-state index in [0.29, 0.717) is 23.1 Å². The molecule has 0 aliphatic heterocycles. The lowest BCUT2D eigenvalue weighted by molar-refractivity contribution is -0.383. The number of pyridine rings is 1. The van der Waals surface area contributed by atoms with Crippen molar-refractivity contribution >= 4 is 22.1 Å². The maximum Gasteiger partial charge on any atom is 0.277 e. The minimum atomic E-state index is -0.426. The predicted molar refractivity (Wildman–Crippen MR) is 74.8 cm³/mol. The fraction of sp³-hybridized carbons (Fsp3) is 0.308. The summed E-state index contributed by atoms with van der Waals surface area (Å²) in [4.78, 5) is 14.6. The van der Waals surface area contributed by atoms with Gasteiger partial charge in [-0.05, 0) is 12.1 Å². The first-order valence-electron chi connectivity index (χ1n) is 6.04. The first-order valence-corrected chi connectivity index (χ1v) is 6.04. The van der Waals surface area contributed by atoms with E-state index in [-0.39, 0.29) is 18.3 Å². The average Bonchev–Trinajstić information content (AvgIpc) is 2.46. The van der Waals surface area contributed by atoms with E-state index >= 15 is 0 Å². The number of non-ortho nitro benzene ring substituents is 1. The van der Waals surface area contributed by atoms with Crippen LogP contribution in [0.4, 0.5) is 11.4 Å². The quantitative estimate of drug-likeness (QED) is 0.614. The Morgan fingerprint density at radius 2 is 2.25 bits per heavy atom. The highest BCUT2D eigenvalue weighted by molar-refractivity contribution is 5.99. The SMILES string of the molecule is COCC(CO)Nc1ccc([N+](=O)[O-])c2ccncc12. The summed E-state index contributed by atoms with van der Waals surface area (Å²) in [6.45, 7) is 0.224. The number of ether oxygens (including phenoxy) is 1. The first-order chi connectivity index (χ1) is 9.67. The molecule has 0 aliphatic carbocycles. The summed E-state index contributed by atoms with van der Waals surface area (Å²) in [7, 11) is 1.54. The number of anilines is 1. The molecular weight excluding hydrogens is 262 g/mol. The van der Waals surface area contributed by atoms with Crippen LogP contribution >= 0.6 is 0 Å². The molecule has 7 heteroatoms. The number of aromatic nitrogens is 1. The number of nitro benzene ring substituents is 1. The van der Waals surface area contributed by atoms with Gasteiger partial charge in [-0.3, -0.25) is 15.1 Å². The van der Waals surface area contributed by atoms with E-state index in [1.54, 1.807) is 25.4 Å². The molecule has 7 nitrogen and oxygen atoms in total. The second-order valence-corrected chi connectivity index (χ2v) is 4.29. The number of aliphatic hydroxyl groups excluding tert-OH is 1. The van der Waals surface area contributed by atoms with Gasteiger partial charge in [0.25, 0.3) is 5.69 Å². The lowest BCUT2D eigenvalue weighted by Crippen LogP contribution is -2.28. The zero-order valence-corrected chi connectivity index (χ0v) is 10.9. The van der Waals surface area contributed by atoms with Crippen molar-refractivity contribution in [1.29, 1.82) is 0 Å². The molecule has 0 spiro atoms. The number of hydrogen-bond acceptors (Lipinski definition) is 6. The summed E-state index contributed by atoms with van der Waals surface area (Å²) in [5.74, 6) is 0. The van der Waals surface area contributed by atoms with Gasteiger partial charge in [-0.15, -0.1) is 0 Å². The second kappa shape index (κ2) is 6.27. The number of hydrogen-bond donors (Lipinski definition) is 2. The van der Waals surface area contributed by atoms with Crippen LogP contribution in [0, 0.1) is 10.1 Å². The third-order valence-electron chi connectivity index (χ3n) is 2.94. The molecular formula is C13H15N3O4. The minimum Gasteiger partial charge on any atom is -0.394 e.